The normalized spacial score (nSPS) is 39.2. The van der Waals surface area contributed by atoms with E-state index in [2.05, 4.69) is 19.6 Å². The van der Waals surface area contributed by atoms with Gasteiger partial charge in [-0.05, 0) is 37.2 Å². The van der Waals surface area contributed by atoms with Crippen LogP contribution in [0.25, 0.3) is 0 Å². The molecule has 0 saturated heterocycles. The fourth-order valence-corrected chi connectivity index (χ4v) is 3.17. The van der Waals surface area contributed by atoms with Crippen molar-refractivity contribution in [2.45, 2.75) is 39.5 Å². The molecule has 0 aromatic rings. The van der Waals surface area contributed by atoms with Crippen LogP contribution in [0.15, 0.2) is 24.3 Å². The SMILES string of the molecule is C=C1C2CCC(C2)C1(C)C=CC(=O)CC. The van der Waals surface area contributed by atoms with Gasteiger partial charge < -0.3 is 0 Å². The van der Waals surface area contributed by atoms with Gasteiger partial charge >= 0.3 is 0 Å². The van der Waals surface area contributed by atoms with Crippen molar-refractivity contribution in [3.63, 3.8) is 0 Å². The van der Waals surface area contributed by atoms with Crippen molar-refractivity contribution in [1.82, 2.24) is 0 Å². The summed E-state index contributed by atoms with van der Waals surface area (Å²) in [5.74, 6) is 1.68. The van der Waals surface area contributed by atoms with Gasteiger partial charge in [0.2, 0.25) is 0 Å². The molecular weight excluding hydrogens is 184 g/mol. The maximum Gasteiger partial charge on any atom is 0.155 e. The monoisotopic (exact) mass is 204 g/mol. The van der Waals surface area contributed by atoms with E-state index in [0.29, 0.717) is 6.42 Å². The maximum absolute atomic E-state index is 11.3. The Morgan fingerprint density at radius 2 is 2.33 bits per heavy atom. The zero-order valence-corrected chi connectivity index (χ0v) is 9.75. The molecular formula is C14H20O. The van der Waals surface area contributed by atoms with Gasteiger partial charge in [-0.3, -0.25) is 4.79 Å². The summed E-state index contributed by atoms with van der Waals surface area (Å²) >= 11 is 0. The van der Waals surface area contributed by atoms with Gasteiger partial charge in [0.05, 0.1) is 0 Å². The Hall–Kier alpha value is -0.850. The molecule has 2 saturated carbocycles. The lowest BCUT2D eigenvalue weighted by atomic mass is 9.71. The largest absolute Gasteiger partial charge is 0.295 e. The summed E-state index contributed by atoms with van der Waals surface area (Å²) in [4.78, 5) is 11.3. The van der Waals surface area contributed by atoms with Crippen molar-refractivity contribution >= 4 is 5.78 Å². The molecule has 2 aliphatic rings. The summed E-state index contributed by atoms with van der Waals surface area (Å²) in [5, 5.41) is 0. The van der Waals surface area contributed by atoms with Crippen LogP contribution in [0.3, 0.4) is 0 Å². The molecule has 0 radical (unpaired) electrons. The molecule has 1 heteroatoms. The van der Waals surface area contributed by atoms with Crippen LogP contribution in [0, 0.1) is 17.3 Å². The van der Waals surface area contributed by atoms with Crippen LogP contribution in [0.2, 0.25) is 0 Å². The molecule has 1 nitrogen and oxygen atoms in total. The van der Waals surface area contributed by atoms with Gasteiger partial charge in [-0.1, -0.05) is 32.1 Å². The highest BCUT2D eigenvalue weighted by atomic mass is 16.1. The number of rotatable bonds is 3. The Bertz CT molecular complexity index is 326. The van der Waals surface area contributed by atoms with Crippen molar-refractivity contribution < 1.29 is 4.79 Å². The highest BCUT2D eigenvalue weighted by molar-refractivity contribution is 5.89. The van der Waals surface area contributed by atoms with Gasteiger partial charge in [-0.25, -0.2) is 0 Å². The Kier molecular flexibility index (Phi) is 2.57. The summed E-state index contributed by atoms with van der Waals surface area (Å²) < 4.78 is 0. The lowest BCUT2D eigenvalue weighted by molar-refractivity contribution is -0.114. The molecule has 0 N–H and O–H groups in total. The zero-order chi connectivity index (χ0) is 11.1. The van der Waals surface area contributed by atoms with E-state index in [1.54, 1.807) is 6.08 Å². The van der Waals surface area contributed by atoms with Crippen LogP contribution in [-0.2, 0) is 4.79 Å². The van der Waals surface area contributed by atoms with Gasteiger partial charge in [0.15, 0.2) is 5.78 Å². The van der Waals surface area contributed by atoms with E-state index in [1.807, 2.05) is 6.92 Å². The molecule has 0 aromatic carbocycles. The van der Waals surface area contributed by atoms with Crippen molar-refractivity contribution in [1.29, 1.82) is 0 Å². The van der Waals surface area contributed by atoms with E-state index in [0.717, 1.165) is 11.8 Å². The molecule has 2 bridgehead atoms. The fourth-order valence-electron chi connectivity index (χ4n) is 3.17. The molecule has 2 aliphatic carbocycles. The summed E-state index contributed by atoms with van der Waals surface area (Å²) in [6.45, 7) is 8.39. The fraction of sp³-hybridized carbons (Fsp3) is 0.643. The van der Waals surface area contributed by atoms with Crippen molar-refractivity contribution in [3.05, 3.63) is 24.3 Å². The minimum Gasteiger partial charge on any atom is -0.295 e. The van der Waals surface area contributed by atoms with Crippen molar-refractivity contribution in [2.24, 2.45) is 17.3 Å². The molecule has 0 aromatic heterocycles. The predicted octanol–water partition coefficient (Wildman–Crippen LogP) is 3.51. The van der Waals surface area contributed by atoms with Crippen molar-refractivity contribution in [3.8, 4) is 0 Å². The van der Waals surface area contributed by atoms with E-state index < -0.39 is 0 Å². The second-order valence-corrected chi connectivity index (χ2v) is 5.17. The quantitative estimate of drug-likeness (QED) is 0.508. The standard InChI is InChI=1S/C14H20O/c1-4-13(15)7-8-14(3)10(2)11-5-6-12(14)9-11/h7-8,11-12H,2,4-6,9H2,1,3H3. The molecule has 3 atom stereocenters. The topological polar surface area (TPSA) is 17.1 Å². The first-order chi connectivity index (χ1) is 7.08. The second kappa shape index (κ2) is 3.62. The molecule has 2 fully saturated rings. The predicted molar refractivity (Wildman–Crippen MR) is 62.5 cm³/mol. The summed E-state index contributed by atoms with van der Waals surface area (Å²) in [6, 6.07) is 0. The average Bonchev–Trinajstić information content (AvgIpc) is 2.80. The lowest BCUT2D eigenvalue weighted by Gasteiger charge is -2.33. The summed E-state index contributed by atoms with van der Waals surface area (Å²) in [6.07, 6.45) is 8.41. The lowest BCUT2D eigenvalue weighted by Crippen LogP contribution is -2.24. The van der Waals surface area contributed by atoms with Gasteiger partial charge in [0, 0.05) is 11.8 Å². The van der Waals surface area contributed by atoms with E-state index in [-0.39, 0.29) is 11.2 Å². The van der Waals surface area contributed by atoms with Gasteiger partial charge in [0.25, 0.3) is 0 Å². The number of fused-ring (bicyclic) bond motifs is 2. The Balaban J connectivity index is 2.17. The Morgan fingerprint density at radius 3 is 2.87 bits per heavy atom. The Labute approximate surface area is 92.3 Å². The molecule has 2 rings (SSSR count). The van der Waals surface area contributed by atoms with Crippen LogP contribution < -0.4 is 0 Å². The van der Waals surface area contributed by atoms with Gasteiger partial charge in [-0.2, -0.15) is 0 Å². The first-order valence-corrected chi connectivity index (χ1v) is 5.99. The minimum absolute atomic E-state index is 0.105. The maximum atomic E-state index is 11.3. The molecule has 0 spiro atoms. The van der Waals surface area contributed by atoms with Crippen LogP contribution in [-0.4, -0.2) is 5.78 Å². The summed E-state index contributed by atoms with van der Waals surface area (Å²) in [5.41, 5.74) is 1.47. The van der Waals surface area contributed by atoms with Crippen molar-refractivity contribution in [2.75, 3.05) is 0 Å². The van der Waals surface area contributed by atoms with Crippen LogP contribution in [0.4, 0.5) is 0 Å². The van der Waals surface area contributed by atoms with Crippen LogP contribution >= 0.6 is 0 Å². The van der Waals surface area contributed by atoms with E-state index >= 15 is 0 Å². The number of carbonyl (C=O) groups excluding carboxylic acids is 1. The summed E-state index contributed by atoms with van der Waals surface area (Å²) in [7, 11) is 0. The smallest absolute Gasteiger partial charge is 0.155 e. The third kappa shape index (κ3) is 1.58. The highest BCUT2D eigenvalue weighted by Gasteiger charge is 2.49. The second-order valence-electron chi connectivity index (χ2n) is 5.17. The van der Waals surface area contributed by atoms with E-state index in [4.69, 9.17) is 0 Å². The average molecular weight is 204 g/mol. The van der Waals surface area contributed by atoms with E-state index in [9.17, 15) is 4.79 Å². The minimum atomic E-state index is 0.105. The van der Waals surface area contributed by atoms with Crippen LogP contribution in [0.1, 0.15) is 39.5 Å². The molecule has 0 aliphatic heterocycles. The highest BCUT2D eigenvalue weighted by Crippen LogP contribution is 2.59. The third-order valence-corrected chi connectivity index (χ3v) is 4.43. The number of hydrogen-bond acceptors (Lipinski definition) is 1. The first-order valence-electron chi connectivity index (χ1n) is 5.99. The molecule has 82 valence electrons. The zero-order valence-electron chi connectivity index (χ0n) is 9.75. The molecule has 0 heterocycles. The van der Waals surface area contributed by atoms with Gasteiger partial charge in [0.1, 0.15) is 0 Å². The number of carbonyl (C=O) groups is 1. The number of ketones is 1. The molecule has 15 heavy (non-hydrogen) atoms. The number of allylic oxidation sites excluding steroid dienone is 3. The van der Waals surface area contributed by atoms with E-state index in [1.165, 1.54) is 24.8 Å². The first kappa shape index (κ1) is 10.7. The van der Waals surface area contributed by atoms with Gasteiger partial charge in [-0.15, -0.1) is 0 Å². The Morgan fingerprint density at radius 1 is 1.60 bits per heavy atom. The van der Waals surface area contributed by atoms with Crippen LogP contribution in [0.5, 0.6) is 0 Å². The number of hydrogen-bond donors (Lipinski definition) is 0. The molecule has 0 amide bonds. The molecule has 3 unspecified atom stereocenters. The third-order valence-electron chi connectivity index (χ3n) is 4.43.